The molecule has 1 atom stereocenters. The van der Waals surface area contributed by atoms with Crippen LogP contribution in [0, 0.1) is 0 Å². The number of unbranched alkanes of at least 4 members (excludes halogenated alkanes) is 28. The zero-order valence-corrected chi connectivity index (χ0v) is 51.6. The molecule has 0 rings (SSSR count). The summed E-state index contributed by atoms with van der Waals surface area (Å²) in [5.41, 5.74) is 0. The molecule has 6 nitrogen and oxygen atoms in total. The zero-order chi connectivity index (χ0) is 57.1. The van der Waals surface area contributed by atoms with Gasteiger partial charge >= 0.3 is 17.9 Å². The molecular formula is C73H122O6. The summed E-state index contributed by atoms with van der Waals surface area (Å²) in [7, 11) is 0. The van der Waals surface area contributed by atoms with E-state index in [-0.39, 0.29) is 31.1 Å². The van der Waals surface area contributed by atoms with Gasteiger partial charge in [-0.25, -0.2) is 0 Å². The van der Waals surface area contributed by atoms with Gasteiger partial charge in [-0.15, -0.1) is 0 Å². The minimum Gasteiger partial charge on any atom is -0.462 e. The number of ether oxygens (including phenoxy) is 3. The van der Waals surface area contributed by atoms with Crippen LogP contribution >= 0.6 is 0 Å². The highest BCUT2D eigenvalue weighted by Crippen LogP contribution is 2.16. The van der Waals surface area contributed by atoms with E-state index in [9.17, 15) is 14.4 Å². The molecule has 0 saturated carbocycles. The van der Waals surface area contributed by atoms with Crippen LogP contribution in [0.1, 0.15) is 303 Å². The predicted octanol–water partition coefficient (Wildman–Crippen LogP) is 22.8. The van der Waals surface area contributed by atoms with Gasteiger partial charge in [-0.3, -0.25) is 14.4 Å². The van der Waals surface area contributed by atoms with Crippen molar-refractivity contribution in [2.45, 2.75) is 309 Å². The molecule has 0 amide bonds. The summed E-state index contributed by atoms with van der Waals surface area (Å²) in [5.74, 6) is -0.909. The Morgan fingerprint density at radius 2 is 0.494 bits per heavy atom. The zero-order valence-electron chi connectivity index (χ0n) is 51.6. The van der Waals surface area contributed by atoms with E-state index in [1.54, 1.807) is 0 Å². The van der Waals surface area contributed by atoms with E-state index in [1.165, 1.54) is 128 Å². The van der Waals surface area contributed by atoms with Crippen LogP contribution in [0.25, 0.3) is 0 Å². The fourth-order valence-electron chi connectivity index (χ4n) is 9.04. The monoisotopic (exact) mass is 1090 g/mol. The molecule has 0 radical (unpaired) electrons. The van der Waals surface area contributed by atoms with Crippen molar-refractivity contribution in [1.29, 1.82) is 0 Å². The lowest BCUT2D eigenvalue weighted by Gasteiger charge is -2.18. The quantitative estimate of drug-likeness (QED) is 0.0261. The van der Waals surface area contributed by atoms with Crippen LogP contribution in [-0.4, -0.2) is 37.2 Å². The summed E-state index contributed by atoms with van der Waals surface area (Å²) in [6.07, 6.45) is 92.0. The minimum absolute atomic E-state index is 0.0907. The summed E-state index contributed by atoms with van der Waals surface area (Å²) >= 11 is 0. The topological polar surface area (TPSA) is 78.9 Å². The number of allylic oxidation sites excluding steroid dienone is 20. The fourth-order valence-corrected chi connectivity index (χ4v) is 9.04. The smallest absolute Gasteiger partial charge is 0.306 e. The maximum atomic E-state index is 12.9. The molecule has 0 aromatic rings. The Morgan fingerprint density at radius 1 is 0.266 bits per heavy atom. The molecule has 0 aliphatic carbocycles. The van der Waals surface area contributed by atoms with Gasteiger partial charge in [0, 0.05) is 19.3 Å². The van der Waals surface area contributed by atoms with E-state index in [4.69, 9.17) is 14.2 Å². The van der Waals surface area contributed by atoms with Crippen LogP contribution in [0.4, 0.5) is 0 Å². The number of rotatable bonds is 59. The number of hydrogen-bond donors (Lipinski definition) is 0. The molecule has 0 aromatic carbocycles. The maximum Gasteiger partial charge on any atom is 0.306 e. The molecule has 0 N–H and O–H groups in total. The summed E-state index contributed by atoms with van der Waals surface area (Å²) in [5, 5.41) is 0. The number of hydrogen-bond acceptors (Lipinski definition) is 6. The third-order valence-electron chi connectivity index (χ3n) is 13.9. The molecule has 0 aromatic heterocycles. The second-order valence-electron chi connectivity index (χ2n) is 21.6. The second-order valence-corrected chi connectivity index (χ2v) is 21.6. The van der Waals surface area contributed by atoms with Gasteiger partial charge in [0.1, 0.15) is 13.2 Å². The van der Waals surface area contributed by atoms with Crippen molar-refractivity contribution >= 4 is 17.9 Å². The summed E-state index contributed by atoms with van der Waals surface area (Å²) in [4.78, 5) is 38.4. The highest BCUT2D eigenvalue weighted by Gasteiger charge is 2.19. The van der Waals surface area contributed by atoms with Crippen LogP contribution in [0.5, 0.6) is 0 Å². The molecule has 0 fully saturated rings. The van der Waals surface area contributed by atoms with E-state index in [0.717, 1.165) is 135 Å². The Kier molecular flexibility index (Phi) is 62.8. The van der Waals surface area contributed by atoms with Crippen molar-refractivity contribution in [3.8, 4) is 0 Å². The van der Waals surface area contributed by atoms with E-state index >= 15 is 0 Å². The van der Waals surface area contributed by atoms with E-state index in [2.05, 4.69) is 142 Å². The number of carbonyl (C=O) groups is 3. The summed E-state index contributed by atoms with van der Waals surface area (Å²) in [6, 6.07) is 0. The van der Waals surface area contributed by atoms with Gasteiger partial charge in [0.05, 0.1) is 0 Å². The van der Waals surface area contributed by atoms with Gasteiger partial charge in [0.25, 0.3) is 0 Å². The molecule has 0 aliphatic rings. The summed E-state index contributed by atoms with van der Waals surface area (Å²) < 4.78 is 17.0. The van der Waals surface area contributed by atoms with Gasteiger partial charge in [-0.05, 0) is 128 Å². The van der Waals surface area contributed by atoms with Crippen LogP contribution in [-0.2, 0) is 28.6 Å². The first kappa shape index (κ1) is 74.8. The normalized spacial score (nSPS) is 12.9. The number of carbonyl (C=O) groups excluding carboxylic acids is 3. The highest BCUT2D eigenvalue weighted by atomic mass is 16.6. The number of esters is 3. The van der Waals surface area contributed by atoms with E-state index in [0.29, 0.717) is 19.3 Å². The molecule has 0 aliphatic heterocycles. The van der Waals surface area contributed by atoms with Gasteiger partial charge in [-0.2, -0.15) is 0 Å². The third kappa shape index (κ3) is 64.5. The average molecular weight is 1100 g/mol. The minimum atomic E-state index is -0.796. The molecule has 79 heavy (non-hydrogen) atoms. The first-order valence-corrected chi connectivity index (χ1v) is 33.0. The van der Waals surface area contributed by atoms with Crippen molar-refractivity contribution in [2.75, 3.05) is 13.2 Å². The van der Waals surface area contributed by atoms with Crippen molar-refractivity contribution in [1.82, 2.24) is 0 Å². The van der Waals surface area contributed by atoms with E-state index < -0.39 is 6.10 Å². The van der Waals surface area contributed by atoms with Crippen molar-refractivity contribution < 1.29 is 28.6 Å². The molecule has 0 heterocycles. The first-order chi connectivity index (χ1) is 39.0. The first-order valence-electron chi connectivity index (χ1n) is 33.0. The lowest BCUT2D eigenvalue weighted by atomic mass is 10.1. The second kappa shape index (κ2) is 66.3. The SMILES string of the molecule is CC/C=C\C/C=C\C/C=C\C/C=C\CCCCCCCCCCC(=O)OCC(COC(=O)CCCCCCCC/C=C\C/C=C\C/C=C\C/C=C\CC)OC(=O)CCCCCCCCCCC/C=C\C/C=C\CCCCCCC. The Morgan fingerprint density at radius 3 is 0.772 bits per heavy atom. The van der Waals surface area contributed by atoms with Gasteiger partial charge in [0.15, 0.2) is 6.10 Å². The molecule has 0 bridgehead atoms. The van der Waals surface area contributed by atoms with Crippen LogP contribution in [0.3, 0.4) is 0 Å². The van der Waals surface area contributed by atoms with Crippen LogP contribution in [0.15, 0.2) is 122 Å². The third-order valence-corrected chi connectivity index (χ3v) is 13.9. The largest absolute Gasteiger partial charge is 0.462 e. The fraction of sp³-hybridized carbons (Fsp3) is 0.685. The van der Waals surface area contributed by atoms with Gasteiger partial charge < -0.3 is 14.2 Å². The van der Waals surface area contributed by atoms with Gasteiger partial charge in [-0.1, -0.05) is 277 Å². The Hall–Kier alpha value is -4.19. The molecule has 0 spiro atoms. The summed E-state index contributed by atoms with van der Waals surface area (Å²) in [6.45, 7) is 6.41. The van der Waals surface area contributed by atoms with E-state index in [1.807, 2.05) is 0 Å². The Bertz CT molecular complexity index is 1640. The predicted molar refractivity (Wildman–Crippen MR) is 343 cm³/mol. The van der Waals surface area contributed by atoms with Gasteiger partial charge in [0.2, 0.25) is 0 Å². The molecule has 1 unspecified atom stereocenters. The molecule has 6 heteroatoms. The Balaban J connectivity index is 4.44. The van der Waals surface area contributed by atoms with Crippen molar-refractivity contribution in [3.63, 3.8) is 0 Å². The molecule has 450 valence electrons. The lowest BCUT2D eigenvalue weighted by molar-refractivity contribution is -0.167. The van der Waals surface area contributed by atoms with Crippen LogP contribution < -0.4 is 0 Å². The standard InChI is InChI=1S/C73H122O6/c1-4-7-10-13-16-19-22-25-28-31-34-36-39-42-45-48-51-54-57-60-63-66-72(75)78-69-70(68-77-71(74)65-62-59-56-53-50-47-44-41-38-33-30-27-24-21-18-15-12-9-6-3)79-73(76)67-64-61-58-55-52-49-46-43-40-37-35-32-29-26-23-20-17-14-11-8-5-2/h7,9-10,12,16,18-19,21,23,25-28,30,32,34-36,38,41,70H,4-6,8,11,13-15,17,20,22,24,29,31,33,37,39-40,42-69H2,1-3H3/b10-7-,12-9-,19-16-,21-18-,26-23-,28-25-,30-27-,35-32-,36-34-,41-38-. The van der Waals surface area contributed by atoms with Crippen molar-refractivity contribution in [2.24, 2.45) is 0 Å². The van der Waals surface area contributed by atoms with Crippen molar-refractivity contribution in [3.05, 3.63) is 122 Å². The lowest BCUT2D eigenvalue weighted by Crippen LogP contribution is -2.30. The maximum absolute atomic E-state index is 12.9. The highest BCUT2D eigenvalue weighted by molar-refractivity contribution is 5.71. The molecule has 0 saturated heterocycles. The average Bonchev–Trinajstić information content (AvgIpc) is 3.45. The Labute approximate surface area is 488 Å². The van der Waals surface area contributed by atoms with Crippen LogP contribution in [0.2, 0.25) is 0 Å². The molecular weight excluding hydrogens is 973 g/mol.